The van der Waals surface area contributed by atoms with Crippen molar-refractivity contribution in [2.24, 2.45) is 0 Å². The Kier molecular flexibility index (Phi) is 5.08. The van der Waals surface area contributed by atoms with Gasteiger partial charge in [0.1, 0.15) is 6.73 Å². The van der Waals surface area contributed by atoms with Crippen LogP contribution in [0.5, 0.6) is 0 Å². The second-order valence-electron chi connectivity index (χ2n) is 5.36. The van der Waals surface area contributed by atoms with Crippen molar-refractivity contribution in [3.63, 3.8) is 0 Å². The van der Waals surface area contributed by atoms with Gasteiger partial charge in [0.15, 0.2) is 0 Å². The highest BCUT2D eigenvalue weighted by Gasteiger charge is 2.12. The molecule has 96 valence electrons. The van der Waals surface area contributed by atoms with E-state index >= 15 is 0 Å². The van der Waals surface area contributed by atoms with Gasteiger partial charge in [-0.2, -0.15) is 5.10 Å². The minimum atomic E-state index is -1.06. The number of hydrogen-bond donors (Lipinski definition) is 0. The summed E-state index contributed by atoms with van der Waals surface area (Å²) in [7, 11) is -1.06. The molecule has 0 aliphatic rings. The first kappa shape index (κ1) is 14.1. The Morgan fingerprint density at radius 3 is 2.71 bits per heavy atom. The Labute approximate surface area is 104 Å². The van der Waals surface area contributed by atoms with E-state index in [0.717, 1.165) is 18.0 Å². The second-order valence-corrected chi connectivity index (χ2v) is 11.0. The summed E-state index contributed by atoms with van der Waals surface area (Å²) in [5.41, 5.74) is 0.747. The lowest BCUT2D eigenvalue weighted by Gasteiger charge is -2.15. The van der Waals surface area contributed by atoms with Crippen LogP contribution in [0, 0.1) is 0 Å². The van der Waals surface area contributed by atoms with E-state index in [-0.39, 0.29) is 12.3 Å². The molecule has 0 spiro atoms. The third kappa shape index (κ3) is 4.83. The molecular weight excluding hydrogens is 232 g/mol. The SMILES string of the molecule is CCc1ccnn(COCC[Si](C)(C)C)c1=O. The molecule has 1 rings (SSSR count). The normalized spacial score (nSPS) is 11.8. The molecule has 0 saturated heterocycles. The van der Waals surface area contributed by atoms with Crippen LogP contribution in [0.2, 0.25) is 25.7 Å². The first-order chi connectivity index (χ1) is 7.94. The van der Waals surface area contributed by atoms with Crippen LogP contribution < -0.4 is 5.56 Å². The summed E-state index contributed by atoms with van der Waals surface area (Å²) >= 11 is 0. The zero-order chi connectivity index (χ0) is 12.9. The van der Waals surface area contributed by atoms with Gasteiger partial charge in [-0.15, -0.1) is 0 Å². The molecule has 0 aromatic carbocycles. The molecule has 5 heteroatoms. The Hall–Kier alpha value is -0.943. The summed E-state index contributed by atoms with van der Waals surface area (Å²) in [6, 6.07) is 2.87. The molecule has 0 saturated carbocycles. The van der Waals surface area contributed by atoms with E-state index in [4.69, 9.17) is 4.74 Å². The fourth-order valence-electron chi connectivity index (χ4n) is 1.38. The van der Waals surface area contributed by atoms with E-state index < -0.39 is 8.07 Å². The monoisotopic (exact) mass is 254 g/mol. The molecule has 0 bridgehead atoms. The summed E-state index contributed by atoms with van der Waals surface area (Å²) in [5.74, 6) is 0. The average Bonchev–Trinajstić information content (AvgIpc) is 2.25. The minimum absolute atomic E-state index is 0.0389. The predicted molar refractivity (Wildman–Crippen MR) is 72.0 cm³/mol. The number of rotatable bonds is 6. The summed E-state index contributed by atoms with van der Waals surface area (Å²) < 4.78 is 6.90. The van der Waals surface area contributed by atoms with E-state index in [1.165, 1.54) is 4.68 Å². The molecule has 0 unspecified atom stereocenters. The molecule has 1 aromatic rings. The molecular formula is C12H22N2O2Si. The fourth-order valence-corrected chi connectivity index (χ4v) is 2.14. The maximum Gasteiger partial charge on any atom is 0.272 e. The van der Waals surface area contributed by atoms with E-state index in [9.17, 15) is 4.79 Å². The number of hydrogen-bond acceptors (Lipinski definition) is 3. The van der Waals surface area contributed by atoms with Gasteiger partial charge in [-0.1, -0.05) is 26.6 Å². The first-order valence-corrected chi connectivity index (χ1v) is 9.77. The van der Waals surface area contributed by atoms with Crippen LogP contribution in [0.3, 0.4) is 0 Å². The van der Waals surface area contributed by atoms with Gasteiger partial charge < -0.3 is 4.74 Å². The van der Waals surface area contributed by atoms with Crippen molar-refractivity contribution in [3.8, 4) is 0 Å². The Morgan fingerprint density at radius 2 is 2.12 bits per heavy atom. The average molecular weight is 254 g/mol. The van der Waals surface area contributed by atoms with Gasteiger partial charge in [-0.3, -0.25) is 4.79 Å². The molecule has 17 heavy (non-hydrogen) atoms. The minimum Gasteiger partial charge on any atom is -0.359 e. The van der Waals surface area contributed by atoms with E-state index in [2.05, 4.69) is 24.7 Å². The molecule has 0 fully saturated rings. The lowest BCUT2D eigenvalue weighted by molar-refractivity contribution is 0.0747. The first-order valence-electron chi connectivity index (χ1n) is 6.07. The molecule has 4 nitrogen and oxygen atoms in total. The predicted octanol–water partition coefficient (Wildman–Crippen LogP) is 2.12. The van der Waals surface area contributed by atoms with Gasteiger partial charge in [0.05, 0.1) is 0 Å². The van der Waals surface area contributed by atoms with Crippen LogP contribution in [0.15, 0.2) is 17.1 Å². The molecule has 0 radical (unpaired) electrons. The van der Waals surface area contributed by atoms with Crippen LogP contribution in [-0.2, 0) is 17.9 Å². The maximum atomic E-state index is 11.8. The number of aromatic nitrogens is 2. The van der Waals surface area contributed by atoms with Crippen molar-refractivity contribution in [3.05, 3.63) is 28.2 Å². The van der Waals surface area contributed by atoms with Gasteiger partial charge in [0.2, 0.25) is 0 Å². The van der Waals surface area contributed by atoms with Crippen molar-refractivity contribution in [2.45, 2.75) is 45.8 Å². The van der Waals surface area contributed by atoms with Crippen molar-refractivity contribution >= 4 is 8.07 Å². The molecule has 0 amide bonds. The smallest absolute Gasteiger partial charge is 0.272 e. The van der Waals surface area contributed by atoms with Crippen LogP contribution in [0.4, 0.5) is 0 Å². The van der Waals surface area contributed by atoms with Gasteiger partial charge in [-0.25, -0.2) is 4.68 Å². The Balaban J connectivity index is 2.50. The summed E-state index contributed by atoms with van der Waals surface area (Å²) in [6.07, 6.45) is 2.39. The highest BCUT2D eigenvalue weighted by Crippen LogP contribution is 2.07. The third-order valence-electron chi connectivity index (χ3n) is 2.58. The molecule has 0 aliphatic heterocycles. The molecule has 1 heterocycles. The molecule has 0 N–H and O–H groups in total. The van der Waals surface area contributed by atoms with Gasteiger partial charge in [0, 0.05) is 26.4 Å². The van der Waals surface area contributed by atoms with Crippen molar-refractivity contribution in [2.75, 3.05) is 6.61 Å². The van der Waals surface area contributed by atoms with E-state index in [0.29, 0.717) is 6.61 Å². The molecule has 1 aromatic heterocycles. The summed E-state index contributed by atoms with van der Waals surface area (Å²) in [6.45, 7) is 9.85. The van der Waals surface area contributed by atoms with E-state index in [1.807, 2.05) is 6.92 Å². The van der Waals surface area contributed by atoms with Crippen molar-refractivity contribution < 1.29 is 4.74 Å². The third-order valence-corrected chi connectivity index (χ3v) is 4.29. The number of nitrogens with zero attached hydrogens (tertiary/aromatic N) is 2. The summed E-state index contributed by atoms with van der Waals surface area (Å²) in [4.78, 5) is 11.8. The van der Waals surface area contributed by atoms with Crippen LogP contribution in [0.25, 0.3) is 0 Å². The molecule has 0 aliphatic carbocycles. The topological polar surface area (TPSA) is 44.1 Å². The van der Waals surface area contributed by atoms with Crippen molar-refractivity contribution in [1.29, 1.82) is 0 Å². The summed E-state index contributed by atoms with van der Waals surface area (Å²) in [5, 5.41) is 4.01. The van der Waals surface area contributed by atoms with Crippen LogP contribution >= 0.6 is 0 Å². The van der Waals surface area contributed by atoms with E-state index in [1.54, 1.807) is 12.3 Å². The second kappa shape index (κ2) is 6.12. The quantitative estimate of drug-likeness (QED) is 0.577. The Bertz CT molecular complexity index is 410. The number of aryl methyl sites for hydroxylation is 1. The van der Waals surface area contributed by atoms with Gasteiger partial charge >= 0.3 is 0 Å². The zero-order valence-corrected chi connectivity index (χ0v) is 12.2. The largest absolute Gasteiger partial charge is 0.359 e. The lowest BCUT2D eigenvalue weighted by Crippen LogP contribution is -2.28. The Morgan fingerprint density at radius 1 is 1.41 bits per heavy atom. The highest BCUT2D eigenvalue weighted by atomic mass is 28.3. The molecule has 0 atom stereocenters. The van der Waals surface area contributed by atoms with Crippen LogP contribution in [0.1, 0.15) is 12.5 Å². The number of ether oxygens (including phenoxy) is 1. The zero-order valence-electron chi connectivity index (χ0n) is 11.2. The fraction of sp³-hybridized carbons (Fsp3) is 0.667. The van der Waals surface area contributed by atoms with Crippen LogP contribution in [-0.4, -0.2) is 24.5 Å². The van der Waals surface area contributed by atoms with Gasteiger partial charge in [0.25, 0.3) is 5.56 Å². The highest BCUT2D eigenvalue weighted by molar-refractivity contribution is 6.76. The maximum absolute atomic E-state index is 11.8. The van der Waals surface area contributed by atoms with Crippen molar-refractivity contribution in [1.82, 2.24) is 9.78 Å². The van der Waals surface area contributed by atoms with Gasteiger partial charge in [-0.05, 0) is 18.5 Å². The lowest BCUT2D eigenvalue weighted by atomic mass is 10.2. The standard InChI is InChI=1S/C12H22N2O2Si/c1-5-11-6-7-13-14(12(11)15)10-16-8-9-17(2,3)4/h6-7H,5,8-10H2,1-4H3.